The van der Waals surface area contributed by atoms with Gasteiger partial charge in [-0.3, -0.25) is 4.40 Å². The van der Waals surface area contributed by atoms with Gasteiger partial charge in [0.2, 0.25) is 0 Å². The molecule has 4 nitrogen and oxygen atoms in total. The third-order valence-corrected chi connectivity index (χ3v) is 4.81. The molecule has 0 aliphatic rings. The zero-order valence-corrected chi connectivity index (χ0v) is 16.5. The van der Waals surface area contributed by atoms with Crippen molar-refractivity contribution >= 4 is 23.5 Å². The smallest absolute Gasteiger partial charge is 0.142 e. The van der Waals surface area contributed by atoms with E-state index < -0.39 is 0 Å². The first-order chi connectivity index (χ1) is 13.6. The minimum Gasteiger partial charge on any atom is -0.391 e. The maximum atomic E-state index is 6.04. The lowest BCUT2D eigenvalue weighted by Crippen LogP contribution is -1.95. The van der Waals surface area contributed by atoms with Gasteiger partial charge >= 0.3 is 0 Å². The highest BCUT2D eigenvalue weighted by Gasteiger charge is 2.14. The lowest BCUT2D eigenvalue weighted by atomic mass is 10.1. The summed E-state index contributed by atoms with van der Waals surface area (Å²) in [6, 6.07) is 19.9. The Kier molecular flexibility index (Phi) is 5.13. The van der Waals surface area contributed by atoms with Crippen molar-refractivity contribution in [1.29, 1.82) is 0 Å². The molecule has 140 valence electrons. The van der Waals surface area contributed by atoms with Crippen LogP contribution in [0.3, 0.4) is 0 Å². The van der Waals surface area contributed by atoms with Crippen LogP contribution in [0.1, 0.15) is 22.4 Å². The molecule has 2 aromatic heterocycles. The van der Waals surface area contributed by atoms with Crippen LogP contribution in [-0.4, -0.2) is 15.6 Å². The van der Waals surface area contributed by atoms with Gasteiger partial charge in [-0.05, 0) is 43.2 Å². The molecule has 0 saturated heterocycles. The summed E-state index contributed by atoms with van der Waals surface area (Å²) in [5.74, 6) is 0. The number of imidazole rings is 1. The quantitative estimate of drug-likeness (QED) is 0.318. The summed E-state index contributed by atoms with van der Waals surface area (Å²) in [5, 5.41) is 4.91. The van der Waals surface area contributed by atoms with Crippen molar-refractivity contribution < 1.29 is 4.84 Å². The van der Waals surface area contributed by atoms with Gasteiger partial charge < -0.3 is 4.84 Å². The van der Waals surface area contributed by atoms with Crippen molar-refractivity contribution in [2.75, 3.05) is 0 Å². The fourth-order valence-corrected chi connectivity index (χ4v) is 3.29. The second kappa shape index (κ2) is 7.87. The zero-order valence-electron chi connectivity index (χ0n) is 15.8. The van der Waals surface area contributed by atoms with E-state index in [0.29, 0.717) is 11.6 Å². The standard InChI is InChI=1S/C23H20ClN3O/c1-16-5-3-7-18(13-16)15-28-25-14-21-22(19-8-10-20(24)11-9-19)26-23-17(2)6-4-12-27(21)23/h3-14H,15H2,1-2H3/b25-14+. The van der Waals surface area contributed by atoms with E-state index in [-0.39, 0.29) is 0 Å². The second-order valence-corrected chi connectivity index (χ2v) is 7.17. The summed E-state index contributed by atoms with van der Waals surface area (Å²) in [4.78, 5) is 10.4. The number of aromatic nitrogens is 2. The van der Waals surface area contributed by atoms with Crippen LogP contribution in [0.4, 0.5) is 0 Å². The first-order valence-corrected chi connectivity index (χ1v) is 9.44. The Hall–Kier alpha value is -3.11. The summed E-state index contributed by atoms with van der Waals surface area (Å²) in [6.07, 6.45) is 3.70. The molecule has 0 aliphatic carbocycles. The minimum atomic E-state index is 0.421. The number of oxime groups is 1. The van der Waals surface area contributed by atoms with E-state index in [9.17, 15) is 0 Å². The summed E-state index contributed by atoms with van der Waals surface area (Å²) in [7, 11) is 0. The van der Waals surface area contributed by atoms with Gasteiger partial charge in [0.05, 0.1) is 17.6 Å². The van der Waals surface area contributed by atoms with Crippen molar-refractivity contribution in [3.8, 4) is 11.3 Å². The monoisotopic (exact) mass is 389 g/mol. The van der Waals surface area contributed by atoms with Gasteiger partial charge in [-0.25, -0.2) is 4.98 Å². The molecule has 0 unspecified atom stereocenters. The Balaban J connectivity index is 1.67. The summed E-state index contributed by atoms with van der Waals surface area (Å²) in [5.41, 5.74) is 6.97. The molecule has 2 aromatic carbocycles. The number of fused-ring (bicyclic) bond motifs is 1. The molecule has 28 heavy (non-hydrogen) atoms. The molecule has 0 bridgehead atoms. The van der Waals surface area contributed by atoms with E-state index in [1.807, 2.05) is 66.1 Å². The molecular weight excluding hydrogens is 370 g/mol. The largest absolute Gasteiger partial charge is 0.391 e. The van der Waals surface area contributed by atoms with E-state index in [1.165, 1.54) is 5.56 Å². The third-order valence-electron chi connectivity index (χ3n) is 4.56. The molecule has 5 heteroatoms. The number of halogens is 1. The van der Waals surface area contributed by atoms with Gasteiger partial charge in [-0.1, -0.05) is 64.8 Å². The van der Waals surface area contributed by atoms with Crippen LogP contribution < -0.4 is 0 Å². The summed E-state index contributed by atoms with van der Waals surface area (Å²) in [6.45, 7) is 4.53. The molecule has 4 rings (SSSR count). The van der Waals surface area contributed by atoms with Crippen LogP contribution in [0.5, 0.6) is 0 Å². The Labute approximate surface area is 169 Å². The fourth-order valence-electron chi connectivity index (χ4n) is 3.17. The maximum Gasteiger partial charge on any atom is 0.142 e. The highest BCUT2D eigenvalue weighted by Crippen LogP contribution is 2.26. The van der Waals surface area contributed by atoms with Gasteiger partial charge in [-0.15, -0.1) is 0 Å². The molecular formula is C23H20ClN3O. The topological polar surface area (TPSA) is 38.9 Å². The Morgan fingerprint density at radius 3 is 2.68 bits per heavy atom. The van der Waals surface area contributed by atoms with E-state index in [1.54, 1.807) is 6.21 Å². The number of nitrogens with zero attached hydrogens (tertiary/aromatic N) is 3. The molecule has 0 amide bonds. The molecule has 0 spiro atoms. The van der Waals surface area contributed by atoms with E-state index in [2.05, 4.69) is 24.2 Å². The average molecular weight is 390 g/mol. The van der Waals surface area contributed by atoms with Crippen LogP contribution in [0.15, 0.2) is 72.0 Å². The number of pyridine rings is 1. The number of hydrogen-bond donors (Lipinski definition) is 0. The normalized spacial score (nSPS) is 11.4. The molecule has 4 aromatic rings. The van der Waals surface area contributed by atoms with Crippen LogP contribution >= 0.6 is 11.6 Å². The molecule has 0 saturated carbocycles. The van der Waals surface area contributed by atoms with E-state index in [4.69, 9.17) is 21.4 Å². The first-order valence-electron chi connectivity index (χ1n) is 9.06. The van der Waals surface area contributed by atoms with Gasteiger partial charge in [0.15, 0.2) is 0 Å². The SMILES string of the molecule is Cc1cccc(CO/N=C/c2c(-c3ccc(Cl)cc3)nc3c(C)cccn23)c1. The van der Waals surface area contributed by atoms with Crippen LogP contribution in [0.2, 0.25) is 5.02 Å². The number of aryl methyl sites for hydroxylation is 2. The summed E-state index contributed by atoms with van der Waals surface area (Å²) < 4.78 is 2.03. The van der Waals surface area contributed by atoms with Crippen molar-refractivity contribution in [2.45, 2.75) is 20.5 Å². The number of rotatable bonds is 5. The third kappa shape index (κ3) is 3.78. The Bertz CT molecular complexity index is 1150. The lowest BCUT2D eigenvalue weighted by Gasteiger charge is -2.03. The molecule has 0 fully saturated rings. The number of hydrogen-bond acceptors (Lipinski definition) is 3. The van der Waals surface area contributed by atoms with Gasteiger partial charge in [0, 0.05) is 16.8 Å². The molecule has 0 N–H and O–H groups in total. The lowest BCUT2D eigenvalue weighted by molar-refractivity contribution is 0.132. The van der Waals surface area contributed by atoms with Gasteiger partial charge in [-0.2, -0.15) is 0 Å². The number of benzene rings is 2. The van der Waals surface area contributed by atoms with Gasteiger partial charge in [0.25, 0.3) is 0 Å². The van der Waals surface area contributed by atoms with Crippen LogP contribution in [0, 0.1) is 13.8 Å². The van der Waals surface area contributed by atoms with Gasteiger partial charge in [0.1, 0.15) is 12.3 Å². The molecule has 0 radical (unpaired) electrons. The van der Waals surface area contributed by atoms with Crippen molar-refractivity contribution in [1.82, 2.24) is 9.38 Å². The Morgan fingerprint density at radius 1 is 1.07 bits per heavy atom. The first kappa shape index (κ1) is 18.3. The van der Waals surface area contributed by atoms with Crippen LogP contribution in [-0.2, 0) is 11.4 Å². The van der Waals surface area contributed by atoms with Crippen molar-refractivity contribution in [3.63, 3.8) is 0 Å². The van der Waals surface area contributed by atoms with Crippen molar-refractivity contribution in [3.05, 3.63) is 94.3 Å². The highest BCUT2D eigenvalue weighted by molar-refractivity contribution is 6.30. The predicted molar refractivity (Wildman–Crippen MR) is 114 cm³/mol. The molecule has 0 aliphatic heterocycles. The Morgan fingerprint density at radius 2 is 1.89 bits per heavy atom. The second-order valence-electron chi connectivity index (χ2n) is 6.73. The van der Waals surface area contributed by atoms with E-state index in [0.717, 1.165) is 33.7 Å². The zero-order chi connectivity index (χ0) is 19.5. The fraction of sp³-hybridized carbons (Fsp3) is 0.130. The average Bonchev–Trinajstić information content (AvgIpc) is 3.06. The highest BCUT2D eigenvalue weighted by atomic mass is 35.5. The summed E-state index contributed by atoms with van der Waals surface area (Å²) >= 11 is 6.04. The van der Waals surface area contributed by atoms with E-state index >= 15 is 0 Å². The molecule has 2 heterocycles. The maximum absolute atomic E-state index is 6.04. The van der Waals surface area contributed by atoms with Crippen molar-refractivity contribution in [2.24, 2.45) is 5.16 Å². The minimum absolute atomic E-state index is 0.421. The molecule has 0 atom stereocenters. The van der Waals surface area contributed by atoms with Crippen LogP contribution in [0.25, 0.3) is 16.9 Å². The predicted octanol–water partition coefficient (Wildman–Crippen LogP) is 5.82.